The lowest BCUT2D eigenvalue weighted by Gasteiger charge is -2.25. The maximum atomic E-state index is 11.2. The molecule has 2 aliphatic rings. The molecule has 0 aromatic carbocycles. The molecule has 2 fully saturated rings. The van der Waals surface area contributed by atoms with E-state index < -0.39 is 5.60 Å². The maximum absolute atomic E-state index is 11.2. The van der Waals surface area contributed by atoms with Gasteiger partial charge in [-0.05, 0) is 40.3 Å². The Balaban J connectivity index is 1.83. The summed E-state index contributed by atoms with van der Waals surface area (Å²) in [5.41, 5.74) is -0.0805. The molecule has 1 aliphatic carbocycles. The third-order valence-corrected chi connectivity index (χ3v) is 4.93. The standard InChI is InChI=1S/C15H25ClN4O/c1-11-8-15(21,10-19(11)12-4-5-12)14-13(16)9-17-20(14)7-6-18(2)3/h9,11-12,21H,4-8,10H2,1-3H3. The van der Waals surface area contributed by atoms with Crippen LogP contribution in [0.15, 0.2) is 6.20 Å². The zero-order chi connectivity index (χ0) is 15.2. The lowest BCUT2D eigenvalue weighted by Crippen LogP contribution is -2.35. The average molecular weight is 313 g/mol. The molecular formula is C15H25ClN4O. The van der Waals surface area contributed by atoms with Gasteiger partial charge in [0, 0.05) is 25.2 Å². The van der Waals surface area contributed by atoms with Gasteiger partial charge >= 0.3 is 0 Å². The van der Waals surface area contributed by atoms with E-state index in [0.29, 0.717) is 23.7 Å². The second kappa shape index (κ2) is 5.54. The zero-order valence-electron chi connectivity index (χ0n) is 13.1. The molecule has 2 atom stereocenters. The van der Waals surface area contributed by atoms with Crippen molar-refractivity contribution in [3.05, 3.63) is 16.9 Å². The summed E-state index contributed by atoms with van der Waals surface area (Å²) in [7, 11) is 4.07. The number of nitrogens with zero attached hydrogens (tertiary/aromatic N) is 4. The van der Waals surface area contributed by atoms with E-state index in [1.54, 1.807) is 6.20 Å². The smallest absolute Gasteiger partial charge is 0.122 e. The highest BCUT2D eigenvalue weighted by Gasteiger charge is 2.49. The molecule has 6 heteroatoms. The van der Waals surface area contributed by atoms with Crippen LogP contribution in [0.4, 0.5) is 0 Å². The van der Waals surface area contributed by atoms with Crippen molar-refractivity contribution in [2.45, 2.75) is 50.4 Å². The van der Waals surface area contributed by atoms with Gasteiger partial charge in [0.1, 0.15) is 5.60 Å². The van der Waals surface area contributed by atoms with Crippen molar-refractivity contribution in [1.29, 1.82) is 0 Å². The van der Waals surface area contributed by atoms with Crippen LogP contribution >= 0.6 is 11.6 Å². The predicted octanol–water partition coefficient (Wildman–Crippen LogP) is 1.54. The Morgan fingerprint density at radius 2 is 2.19 bits per heavy atom. The van der Waals surface area contributed by atoms with Crippen LogP contribution in [-0.2, 0) is 12.1 Å². The molecule has 21 heavy (non-hydrogen) atoms. The first-order valence-electron chi connectivity index (χ1n) is 7.75. The highest BCUT2D eigenvalue weighted by molar-refractivity contribution is 6.31. The number of β-amino-alcohol motifs (C(OH)–C–C–N with tert-alkyl or cyclic N) is 1. The summed E-state index contributed by atoms with van der Waals surface area (Å²) in [6.45, 7) is 4.50. The Morgan fingerprint density at radius 1 is 1.48 bits per heavy atom. The third kappa shape index (κ3) is 2.97. The number of aromatic nitrogens is 2. The van der Waals surface area contributed by atoms with Crippen LogP contribution in [0.2, 0.25) is 5.02 Å². The van der Waals surface area contributed by atoms with Crippen LogP contribution < -0.4 is 0 Å². The second-order valence-electron chi connectivity index (χ2n) is 6.86. The molecule has 1 saturated heterocycles. The van der Waals surface area contributed by atoms with Crippen LogP contribution in [0.25, 0.3) is 0 Å². The molecular weight excluding hydrogens is 288 g/mol. The lowest BCUT2D eigenvalue weighted by atomic mass is 9.96. The largest absolute Gasteiger partial charge is 0.382 e. The summed E-state index contributed by atoms with van der Waals surface area (Å²) in [6, 6.07) is 1.06. The topological polar surface area (TPSA) is 44.5 Å². The van der Waals surface area contributed by atoms with E-state index in [0.717, 1.165) is 25.2 Å². The van der Waals surface area contributed by atoms with E-state index in [1.807, 2.05) is 18.8 Å². The highest BCUT2D eigenvalue weighted by atomic mass is 35.5. The first kappa shape index (κ1) is 15.3. The van der Waals surface area contributed by atoms with Crippen LogP contribution in [0.1, 0.15) is 31.9 Å². The fourth-order valence-electron chi connectivity index (χ4n) is 3.48. The molecule has 1 aromatic heterocycles. The van der Waals surface area contributed by atoms with Gasteiger partial charge in [-0.2, -0.15) is 5.10 Å². The SMILES string of the molecule is CC1CC(O)(c2c(Cl)cnn2CCN(C)C)CN1C1CC1. The molecule has 0 bridgehead atoms. The molecule has 3 rings (SSSR count). The van der Waals surface area contributed by atoms with E-state index >= 15 is 0 Å². The van der Waals surface area contributed by atoms with Crippen LogP contribution in [0, 0.1) is 0 Å². The van der Waals surface area contributed by atoms with Crippen LogP contribution in [0.5, 0.6) is 0 Å². The summed E-state index contributed by atoms with van der Waals surface area (Å²) in [6.07, 6.45) is 4.91. The summed E-state index contributed by atoms with van der Waals surface area (Å²) < 4.78 is 1.88. The molecule has 1 aliphatic heterocycles. The van der Waals surface area contributed by atoms with Crippen molar-refractivity contribution < 1.29 is 5.11 Å². The van der Waals surface area contributed by atoms with Gasteiger partial charge in [-0.1, -0.05) is 11.6 Å². The number of likely N-dealkylation sites (tertiary alicyclic amines) is 1. The average Bonchev–Trinajstić information content (AvgIpc) is 3.10. The fourth-order valence-corrected chi connectivity index (χ4v) is 3.80. The fraction of sp³-hybridized carbons (Fsp3) is 0.800. The van der Waals surface area contributed by atoms with Crippen molar-refractivity contribution in [3.8, 4) is 0 Å². The van der Waals surface area contributed by atoms with Gasteiger partial charge in [0.25, 0.3) is 0 Å². The van der Waals surface area contributed by atoms with Crippen LogP contribution in [-0.4, -0.2) is 64.0 Å². The first-order valence-corrected chi connectivity index (χ1v) is 8.13. The Labute approximate surface area is 131 Å². The predicted molar refractivity (Wildman–Crippen MR) is 83.5 cm³/mol. The Kier molecular flexibility index (Phi) is 4.03. The Morgan fingerprint density at radius 3 is 2.81 bits per heavy atom. The molecule has 118 valence electrons. The van der Waals surface area contributed by atoms with Gasteiger partial charge in [0.15, 0.2) is 0 Å². The van der Waals surface area contributed by atoms with Crippen molar-refractivity contribution in [1.82, 2.24) is 19.6 Å². The van der Waals surface area contributed by atoms with Crippen molar-refractivity contribution in [3.63, 3.8) is 0 Å². The minimum Gasteiger partial charge on any atom is -0.382 e. The van der Waals surface area contributed by atoms with Crippen molar-refractivity contribution in [2.75, 3.05) is 27.2 Å². The van der Waals surface area contributed by atoms with Crippen molar-refractivity contribution >= 4 is 11.6 Å². The second-order valence-corrected chi connectivity index (χ2v) is 7.26. The third-order valence-electron chi connectivity index (χ3n) is 4.65. The molecule has 0 spiro atoms. The molecule has 1 N–H and O–H groups in total. The van der Waals surface area contributed by atoms with Gasteiger partial charge < -0.3 is 10.0 Å². The number of hydrogen-bond acceptors (Lipinski definition) is 4. The van der Waals surface area contributed by atoms with E-state index in [2.05, 4.69) is 21.8 Å². The summed E-state index contributed by atoms with van der Waals surface area (Å²) in [4.78, 5) is 4.54. The lowest BCUT2D eigenvalue weighted by molar-refractivity contribution is 0.0357. The quantitative estimate of drug-likeness (QED) is 0.896. The summed E-state index contributed by atoms with van der Waals surface area (Å²) >= 11 is 6.35. The molecule has 2 heterocycles. The molecule has 0 amide bonds. The first-order chi connectivity index (χ1) is 9.90. The number of aliphatic hydroxyl groups is 1. The number of halogens is 1. The minimum absolute atomic E-state index is 0.399. The molecule has 5 nitrogen and oxygen atoms in total. The normalized spacial score (nSPS) is 30.5. The summed E-state index contributed by atoms with van der Waals surface area (Å²) in [5.74, 6) is 0. The van der Waals surface area contributed by atoms with Gasteiger partial charge in [-0.15, -0.1) is 0 Å². The monoisotopic (exact) mass is 312 g/mol. The molecule has 2 unspecified atom stereocenters. The van der Waals surface area contributed by atoms with Gasteiger partial charge in [0.05, 0.1) is 23.5 Å². The molecule has 0 radical (unpaired) electrons. The van der Waals surface area contributed by atoms with E-state index in [4.69, 9.17) is 11.6 Å². The van der Waals surface area contributed by atoms with Crippen LogP contribution in [0.3, 0.4) is 0 Å². The van der Waals surface area contributed by atoms with Gasteiger partial charge in [0.2, 0.25) is 0 Å². The number of rotatable bonds is 5. The number of hydrogen-bond donors (Lipinski definition) is 1. The minimum atomic E-state index is -0.873. The van der Waals surface area contributed by atoms with E-state index in [-0.39, 0.29) is 0 Å². The van der Waals surface area contributed by atoms with Gasteiger partial charge in [-0.3, -0.25) is 9.58 Å². The Bertz CT molecular complexity index is 514. The highest BCUT2D eigenvalue weighted by Crippen LogP contribution is 2.43. The Hall–Kier alpha value is -0.620. The van der Waals surface area contributed by atoms with Gasteiger partial charge in [-0.25, -0.2) is 0 Å². The maximum Gasteiger partial charge on any atom is 0.122 e. The van der Waals surface area contributed by atoms with Crippen molar-refractivity contribution in [2.24, 2.45) is 0 Å². The summed E-state index contributed by atoms with van der Waals surface area (Å²) in [5, 5.41) is 16.1. The zero-order valence-corrected chi connectivity index (χ0v) is 13.8. The molecule has 1 saturated carbocycles. The number of likely N-dealkylation sites (N-methyl/N-ethyl adjacent to an activating group) is 1. The molecule has 1 aromatic rings. The van der Waals surface area contributed by atoms with E-state index in [9.17, 15) is 5.11 Å². The van der Waals surface area contributed by atoms with E-state index in [1.165, 1.54) is 12.8 Å².